The van der Waals surface area contributed by atoms with Gasteiger partial charge in [0.05, 0.1) is 17.9 Å². The Kier molecular flexibility index (Phi) is 4.92. The van der Waals surface area contributed by atoms with Gasteiger partial charge in [0.25, 0.3) is 0 Å². The summed E-state index contributed by atoms with van der Waals surface area (Å²) >= 11 is 0. The molecule has 122 valence electrons. The van der Waals surface area contributed by atoms with E-state index in [4.69, 9.17) is 5.73 Å². The van der Waals surface area contributed by atoms with E-state index < -0.39 is 0 Å². The Balaban J connectivity index is 1.47. The van der Waals surface area contributed by atoms with Crippen molar-refractivity contribution in [2.45, 2.75) is 51.1 Å². The van der Waals surface area contributed by atoms with E-state index >= 15 is 0 Å². The standard InChI is InChI=1S/C15H26N6O/c16-9-13-10-21(19-18-13)14-5-2-8-20(11-14)15(22)17-7-6-12-3-1-4-12/h10,12,14H,1-9,11,16H2,(H,17,22). The zero-order valence-corrected chi connectivity index (χ0v) is 13.1. The number of nitrogens with zero attached hydrogens (tertiary/aromatic N) is 4. The van der Waals surface area contributed by atoms with Crippen LogP contribution < -0.4 is 11.1 Å². The Morgan fingerprint density at radius 2 is 2.23 bits per heavy atom. The second kappa shape index (κ2) is 7.09. The molecule has 3 N–H and O–H groups in total. The maximum Gasteiger partial charge on any atom is 0.317 e. The second-order valence-electron chi connectivity index (χ2n) is 6.45. The van der Waals surface area contributed by atoms with Crippen molar-refractivity contribution in [3.05, 3.63) is 11.9 Å². The second-order valence-corrected chi connectivity index (χ2v) is 6.45. The summed E-state index contributed by atoms with van der Waals surface area (Å²) in [5.74, 6) is 0.833. The van der Waals surface area contributed by atoms with Crippen LogP contribution in [0, 0.1) is 5.92 Å². The molecule has 1 aliphatic carbocycles. The van der Waals surface area contributed by atoms with Gasteiger partial charge in [-0.3, -0.25) is 0 Å². The molecular weight excluding hydrogens is 280 g/mol. The van der Waals surface area contributed by atoms with Crippen molar-refractivity contribution in [3.63, 3.8) is 0 Å². The summed E-state index contributed by atoms with van der Waals surface area (Å²) in [7, 11) is 0. The summed E-state index contributed by atoms with van der Waals surface area (Å²) in [5.41, 5.74) is 6.37. The third-order valence-corrected chi connectivity index (χ3v) is 4.88. The summed E-state index contributed by atoms with van der Waals surface area (Å²) in [5, 5.41) is 11.2. The van der Waals surface area contributed by atoms with E-state index in [1.54, 1.807) is 0 Å². The third-order valence-electron chi connectivity index (χ3n) is 4.88. The maximum absolute atomic E-state index is 12.3. The lowest BCUT2D eigenvalue weighted by molar-refractivity contribution is 0.161. The third kappa shape index (κ3) is 3.58. The minimum atomic E-state index is 0.0585. The van der Waals surface area contributed by atoms with Crippen molar-refractivity contribution in [1.29, 1.82) is 0 Å². The molecule has 2 heterocycles. The fraction of sp³-hybridized carbons (Fsp3) is 0.800. The van der Waals surface area contributed by atoms with Crippen molar-refractivity contribution in [1.82, 2.24) is 25.2 Å². The predicted octanol–water partition coefficient (Wildman–Crippen LogP) is 1.27. The first-order chi connectivity index (χ1) is 10.8. The van der Waals surface area contributed by atoms with E-state index in [0.717, 1.165) is 44.0 Å². The normalized spacial score (nSPS) is 22.4. The summed E-state index contributed by atoms with van der Waals surface area (Å²) in [6.07, 6.45) is 9.05. The Morgan fingerprint density at radius 1 is 1.36 bits per heavy atom. The molecule has 0 aromatic carbocycles. The lowest BCUT2D eigenvalue weighted by atomic mass is 9.83. The quantitative estimate of drug-likeness (QED) is 0.857. The fourth-order valence-electron chi connectivity index (χ4n) is 3.22. The van der Waals surface area contributed by atoms with Gasteiger partial charge in [-0.15, -0.1) is 5.10 Å². The number of aromatic nitrogens is 3. The predicted molar refractivity (Wildman–Crippen MR) is 83.1 cm³/mol. The van der Waals surface area contributed by atoms with Gasteiger partial charge in [0.15, 0.2) is 0 Å². The molecule has 2 amide bonds. The van der Waals surface area contributed by atoms with Crippen LogP contribution in [0.5, 0.6) is 0 Å². The van der Waals surface area contributed by atoms with Gasteiger partial charge in [0.1, 0.15) is 0 Å². The number of likely N-dealkylation sites (tertiary alicyclic amines) is 1. The molecule has 7 heteroatoms. The number of nitrogens with two attached hydrogens (primary N) is 1. The molecule has 3 rings (SSSR count). The number of nitrogens with one attached hydrogen (secondary N) is 1. The zero-order chi connectivity index (χ0) is 15.4. The number of amides is 2. The first kappa shape index (κ1) is 15.3. The first-order valence-corrected chi connectivity index (χ1v) is 8.40. The van der Waals surface area contributed by atoms with Gasteiger partial charge in [-0.25, -0.2) is 9.48 Å². The van der Waals surface area contributed by atoms with Crippen LogP contribution in [-0.2, 0) is 6.54 Å². The minimum absolute atomic E-state index is 0.0585. The molecule has 2 aliphatic rings. The summed E-state index contributed by atoms with van der Waals surface area (Å²) in [6, 6.07) is 0.266. The van der Waals surface area contributed by atoms with Gasteiger partial charge in [-0.2, -0.15) is 0 Å². The topological polar surface area (TPSA) is 89.1 Å². The van der Waals surface area contributed by atoms with Gasteiger partial charge >= 0.3 is 6.03 Å². The lowest BCUT2D eigenvalue weighted by Crippen LogP contribution is -2.46. The van der Waals surface area contributed by atoms with Crippen LogP contribution in [0.15, 0.2) is 6.20 Å². The summed E-state index contributed by atoms with van der Waals surface area (Å²) in [4.78, 5) is 14.2. The number of urea groups is 1. The number of hydrogen-bond acceptors (Lipinski definition) is 4. The van der Waals surface area contributed by atoms with Crippen LogP contribution in [0.2, 0.25) is 0 Å². The minimum Gasteiger partial charge on any atom is -0.338 e. The van der Waals surface area contributed by atoms with Crippen LogP contribution >= 0.6 is 0 Å². The van der Waals surface area contributed by atoms with Crippen molar-refractivity contribution >= 4 is 6.03 Å². The van der Waals surface area contributed by atoms with Crippen LogP contribution in [0.4, 0.5) is 4.79 Å². The molecule has 1 aromatic rings. The molecule has 0 spiro atoms. The van der Waals surface area contributed by atoms with Crippen molar-refractivity contribution in [2.75, 3.05) is 19.6 Å². The number of carbonyl (C=O) groups is 1. The average Bonchev–Trinajstić information content (AvgIpc) is 2.99. The van der Waals surface area contributed by atoms with Crippen molar-refractivity contribution in [3.8, 4) is 0 Å². The van der Waals surface area contributed by atoms with Crippen LogP contribution in [0.1, 0.15) is 50.3 Å². The van der Waals surface area contributed by atoms with E-state index in [9.17, 15) is 4.79 Å². The smallest absolute Gasteiger partial charge is 0.317 e. The molecule has 1 unspecified atom stereocenters. The van der Waals surface area contributed by atoms with Gasteiger partial charge in [0.2, 0.25) is 0 Å². The van der Waals surface area contributed by atoms with Gasteiger partial charge in [0, 0.05) is 26.2 Å². The molecule has 2 fully saturated rings. The highest BCUT2D eigenvalue weighted by atomic mass is 16.2. The molecule has 0 radical (unpaired) electrons. The molecule has 1 saturated heterocycles. The number of rotatable bonds is 5. The van der Waals surface area contributed by atoms with Gasteiger partial charge < -0.3 is 16.0 Å². The average molecular weight is 306 g/mol. The highest BCUT2D eigenvalue weighted by molar-refractivity contribution is 5.74. The van der Waals surface area contributed by atoms with Crippen molar-refractivity contribution in [2.24, 2.45) is 11.7 Å². The summed E-state index contributed by atoms with van der Waals surface area (Å²) < 4.78 is 1.86. The highest BCUT2D eigenvalue weighted by Crippen LogP contribution is 2.28. The van der Waals surface area contributed by atoms with Crippen molar-refractivity contribution < 1.29 is 4.79 Å². The molecule has 1 aromatic heterocycles. The van der Waals surface area contributed by atoms with Gasteiger partial charge in [-0.1, -0.05) is 24.5 Å². The Hall–Kier alpha value is -1.63. The van der Waals surface area contributed by atoms with E-state index in [0.29, 0.717) is 13.1 Å². The summed E-state index contributed by atoms with van der Waals surface area (Å²) in [6.45, 7) is 2.72. The maximum atomic E-state index is 12.3. The Morgan fingerprint density at radius 3 is 2.91 bits per heavy atom. The van der Waals surface area contributed by atoms with E-state index in [2.05, 4.69) is 15.6 Å². The number of hydrogen-bond donors (Lipinski definition) is 2. The van der Waals surface area contributed by atoms with Gasteiger partial charge in [-0.05, 0) is 25.2 Å². The zero-order valence-electron chi connectivity index (χ0n) is 13.1. The fourth-order valence-corrected chi connectivity index (χ4v) is 3.22. The lowest BCUT2D eigenvalue weighted by Gasteiger charge is -2.33. The van der Waals surface area contributed by atoms with E-state index in [-0.39, 0.29) is 12.1 Å². The Bertz CT molecular complexity index is 498. The molecule has 7 nitrogen and oxygen atoms in total. The van der Waals surface area contributed by atoms with E-state index in [1.165, 1.54) is 19.3 Å². The van der Waals surface area contributed by atoms with Crippen LogP contribution in [-0.4, -0.2) is 45.6 Å². The van der Waals surface area contributed by atoms with E-state index in [1.807, 2.05) is 15.8 Å². The molecule has 22 heavy (non-hydrogen) atoms. The van der Waals surface area contributed by atoms with Crippen LogP contribution in [0.25, 0.3) is 0 Å². The largest absolute Gasteiger partial charge is 0.338 e. The first-order valence-electron chi connectivity index (χ1n) is 8.40. The molecule has 1 saturated carbocycles. The number of piperidine rings is 1. The highest BCUT2D eigenvalue weighted by Gasteiger charge is 2.26. The molecular formula is C15H26N6O. The SMILES string of the molecule is NCc1cn(C2CCCN(C(=O)NCCC3CCC3)C2)nn1. The van der Waals surface area contributed by atoms with Crippen LogP contribution in [0.3, 0.4) is 0 Å². The molecule has 1 atom stereocenters. The molecule has 1 aliphatic heterocycles. The monoisotopic (exact) mass is 306 g/mol. The Labute approximate surface area is 131 Å². The molecule has 0 bridgehead atoms. The number of carbonyl (C=O) groups excluding carboxylic acids is 1.